The zero-order chi connectivity index (χ0) is 30.1. The van der Waals surface area contributed by atoms with Gasteiger partial charge in [0.25, 0.3) is 5.91 Å². The number of rotatable bonds is 7. The van der Waals surface area contributed by atoms with Gasteiger partial charge in [-0.3, -0.25) is 19.4 Å². The number of nitrogens with zero attached hydrogens (tertiary/aromatic N) is 3. The molecule has 3 heterocycles. The molecule has 1 N–H and O–H groups in total. The summed E-state index contributed by atoms with van der Waals surface area (Å²) in [5.41, 5.74) is 4.59. The van der Waals surface area contributed by atoms with Crippen molar-refractivity contribution >= 4 is 46.4 Å². The minimum atomic E-state index is -0.813. The van der Waals surface area contributed by atoms with Crippen LogP contribution in [-0.2, 0) is 14.3 Å². The zero-order valence-corrected chi connectivity index (χ0v) is 25.7. The van der Waals surface area contributed by atoms with E-state index in [1.54, 1.807) is 19.1 Å². The van der Waals surface area contributed by atoms with Crippen LogP contribution in [0.5, 0.6) is 11.5 Å². The third-order valence-electron chi connectivity index (χ3n) is 8.21. The molecule has 1 fully saturated rings. The molecule has 0 radical (unpaired) electrons. The van der Waals surface area contributed by atoms with E-state index >= 15 is 0 Å². The summed E-state index contributed by atoms with van der Waals surface area (Å²) < 4.78 is 17.0. The molecule has 3 aliphatic rings. The van der Waals surface area contributed by atoms with E-state index in [2.05, 4.69) is 64.6 Å². The molecule has 6 rings (SSSR count). The van der Waals surface area contributed by atoms with E-state index in [0.29, 0.717) is 42.8 Å². The van der Waals surface area contributed by atoms with Gasteiger partial charge in [0.2, 0.25) is 5.91 Å². The second kappa shape index (κ2) is 12.6. The van der Waals surface area contributed by atoms with Crippen LogP contribution < -0.4 is 24.6 Å². The number of ether oxygens (including phenoxy) is 3. The third-order valence-corrected chi connectivity index (χ3v) is 8.93. The molecule has 2 atom stereocenters. The molecule has 3 aromatic carbocycles. The molecule has 3 aromatic rings. The summed E-state index contributed by atoms with van der Waals surface area (Å²) in [6, 6.07) is 16.5. The number of benzene rings is 3. The molecule has 0 aromatic heterocycles. The van der Waals surface area contributed by atoms with Gasteiger partial charge in [0.1, 0.15) is 24.1 Å². The summed E-state index contributed by atoms with van der Waals surface area (Å²) >= 11 is 12.4. The number of amides is 2. The molecule has 2 unspecified atom stereocenters. The summed E-state index contributed by atoms with van der Waals surface area (Å²) in [6.45, 7) is 6.49. The van der Waals surface area contributed by atoms with Gasteiger partial charge in [-0.25, -0.2) is 0 Å². The standard InChI is InChI=1S/C32H34Cl2N4O5/c1-20(38-28-16-24(33)25(34)17-30(28)43-19-31(38)39)32(40)35-26(18-37-10-12-41-13-11-37)22-5-3-21(4-6-22)23-7-8-27-29(15-23)42-14-9-36(27)2/h3-8,15-17,20,26H,9-14,18-19H2,1-2H3,(H,35,40). The molecule has 11 heteroatoms. The Bertz CT molecular complexity index is 1510. The smallest absolute Gasteiger partial charge is 0.265 e. The van der Waals surface area contributed by atoms with E-state index in [9.17, 15) is 9.59 Å². The van der Waals surface area contributed by atoms with Gasteiger partial charge in [-0.2, -0.15) is 0 Å². The second-order valence-corrected chi connectivity index (χ2v) is 11.8. The van der Waals surface area contributed by atoms with Crippen LogP contribution in [0.4, 0.5) is 11.4 Å². The van der Waals surface area contributed by atoms with Crippen molar-refractivity contribution in [3.8, 4) is 22.6 Å². The zero-order valence-electron chi connectivity index (χ0n) is 24.1. The highest BCUT2D eigenvalue weighted by atomic mass is 35.5. The molecule has 0 saturated carbocycles. The molecular weight excluding hydrogens is 591 g/mol. The SMILES string of the molecule is CC(C(=O)NC(CN1CCOCC1)c1ccc(-c2ccc3c(c2)OCCN3C)cc1)N1C(=O)COc2cc(Cl)c(Cl)cc21. The lowest BCUT2D eigenvalue weighted by Crippen LogP contribution is -2.53. The van der Waals surface area contributed by atoms with Crippen LogP contribution in [0.2, 0.25) is 10.0 Å². The van der Waals surface area contributed by atoms with Crippen LogP contribution >= 0.6 is 23.2 Å². The lowest BCUT2D eigenvalue weighted by molar-refractivity contribution is -0.128. The Balaban J connectivity index is 1.24. The number of halogens is 2. The lowest BCUT2D eigenvalue weighted by atomic mass is 9.99. The predicted octanol–water partition coefficient (Wildman–Crippen LogP) is 4.79. The van der Waals surface area contributed by atoms with Crippen molar-refractivity contribution in [3.05, 3.63) is 70.2 Å². The highest BCUT2D eigenvalue weighted by Crippen LogP contribution is 2.40. The number of fused-ring (bicyclic) bond motifs is 2. The molecule has 9 nitrogen and oxygen atoms in total. The van der Waals surface area contributed by atoms with Crippen LogP contribution in [0.3, 0.4) is 0 Å². The highest BCUT2D eigenvalue weighted by molar-refractivity contribution is 6.42. The Hall–Kier alpha value is -3.50. The first-order valence-electron chi connectivity index (χ1n) is 14.4. The van der Waals surface area contributed by atoms with Gasteiger partial charge in [-0.1, -0.05) is 53.5 Å². The van der Waals surface area contributed by atoms with Crippen molar-refractivity contribution in [1.82, 2.24) is 10.2 Å². The van der Waals surface area contributed by atoms with Gasteiger partial charge in [-0.05, 0) is 41.8 Å². The van der Waals surface area contributed by atoms with Crippen LogP contribution in [0.25, 0.3) is 11.1 Å². The van der Waals surface area contributed by atoms with Gasteiger partial charge in [0, 0.05) is 32.7 Å². The number of carbonyl (C=O) groups is 2. The maximum Gasteiger partial charge on any atom is 0.265 e. The van der Waals surface area contributed by atoms with E-state index in [1.807, 2.05) is 0 Å². The molecule has 43 heavy (non-hydrogen) atoms. The molecule has 2 amide bonds. The van der Waals surface area contributed by atoms with E-state index < -0.39 is 6.04 Å². The summed E-state index contributed by atoms with van der Waals surface area (Å²) in [5, 5.41) is 3.81. The van der Waals surface area contributed by atoms with Crippen molar-refractivity contribution in [3.63, 3.8) is 0 Å². The van der Waals surface area contributed by atoms with Gasteiger partial charge >= 0.3 is 0 Å². The van der Waals surface area contributed by atoms with E-state index in [-0.39, 0.29) is 29.5 Å². The summed E-state index contributed by atoms with van der Waals surface area (Å²) in [7, 11) is 2.07. The minimum absolute atomic E-state index is 0.189. The van der Waals surface area contributed by atoms with Crippen LogP contribution in [0, 0.1) is 0 Å². The number of anilines is 2. The molecule has 226 valence electrons. The topological polar surface area (TPSA) is 83.6 Å². The highest BCUT2D eigenvalue weighted by Gasteiger charge is 2.35. The van der Waals surface area contributed by atoms with Crippen molar-refractivity contribution < 1.29 is 23.8 Å². The van der Waals surface area contributed by atoms with E-state index in [4.69, 9.17) is 37.4 Å². The maximum atomic E-state index is 13.8. The first-order valence-corrected chi connectivity index (χ1v) is 15.2. The number of morpholine rings is 1. The molecule has 0 bridgehead atoms. The van der Waals surface area contributed by atoms with Crippen LogP contribution in [0.15, 0.2) is 54.6 Å². The van der Waals surface area contributed by atoms with Crippen molar-refractivity contribution in [2.24, 2.45) is 0 Å². The number of hydrogen-bond acceptors (Lipinski definition) is 7. The predicted molar refractivity (Wildman–Crippen MR) is 168 cm³/mol. The van der Waals surface area contributed by atoms with Gasteiger partial charge < -0.3 is 24.4 Å². The number of likely N-dealkylation sites (N-methyl/N-ethyl adjacent to an activating group) is 1. The molecule has 1 saturated heterocycles. The minimum Gasteiger partial charge on any atom is -0.490 e. The maximum absolute atomic E-state index is 13.8. The fourth-order valence-electron chi connectivity index (χ4n) is 5.72. The Kier molecular flexibility index (Phi) is 8.68. The van der Waals surface area contributed by atoms with Crippen LogP contribution in [0.1, 0.15) is 18.5 Å². The molecule has 3 aliphatic heterocycles. The Morgan fingerprint density at radius 2 is 1.58 bits per heavy atom. The quantitative estimate of drug-likeness (QED) is 0.404. The Labute approximate surface area is 261 Å². The number of nitrogens with one attached hydrogen (secondary N) is 1. The average Bonchev–Trinajstić information content (AvgIpc) is 3.02. The largest absolute Gasteiger partial charge is 0.490 e. The Morgan fingerprint density at radius 3 is 2.35 bits per heavy atom. The molecular formula is C32H34Cl2N4O5. The van der Waals surface area contributed by atoms with Crippen LogP contribution in [-0.4, -0.2) is 82.4 Å². The third kappa shape index (κ3) is 6.26. The van der Waals surface area contributed by atoms with E-state index in [1.165, 1.54) is 4.90 Å². The first kappa shape index (κ1) is 29.6. The van der Waals surface area contributed by atoms with Gasteiger partial charge in [0.15, 0.2) is 6.61 Å². The number of hydrogen-bond donors (Lipinski definition) is 1. The van der Waals surface area contributed by atoms with Gasteiger partial charge in [0.05, 0.1) is 47.2 Å². The normalized spacial score (nSPS) is 18.2. The molecule has 0 spiro atoms. The summed E-state index contributed by atoms with van der Waals surface area (Å²) in [6.07, 6.45) is 0. The first-order chi connectivity index (χ1) is 20.8. The summed E-state index contributed by atoms with van der Waals surface area (Å²) in [5.74, 6) is 0.673. The fourth-order valence-corrected chi connectivity index (χ4v) is 6.03. The van der Waals surface area contributed by atoms with Crippen molar-refractivity contribution in [1.29, 1.82) is 0 Å². The number of carbonyl (C=O) groups excluding carboxylic acids is 2. The van der Waals surface area contributed by atoms with E-state index in [0.717, 1.165) is 47.8 Å². The second-order valence-electron chi connectivity index (χ2n) is 11.0. The monoisotopic (exact) mass is 624 g/mol. The molecule has 0 aliphatic carbocycles. The lowest BCUT2D eigenvalue weighted by Gasteiger charge is -2.35. The summed E-state index contributed by atoms with van der Waals surface area (Å²) in [4.78, 5) is 32.6. The fraction of sp³-hybridized carbons (Fsp3) is 0.375. The van der Waals surface area contributed by atoms with Gasteiger partial charge in [-0.15, -0.1) is 0 Å². The Morgan fingerprint density at radius 1 is 0.884 bits per heavy atom. The average molecular weight is 626 g/mol. The van der Waals surface area contributed by atoms with Crippen molar-refractivity contribution in [2.75, 3.05) is 69.5 Å². The van der Waals surface area contributed by atoms with Crippen molar-refractivity contribution in [2.45, 2.75) is 19.0 Å².